The standard InChI is InChI=1S/C22H18N2O4S2/c1-28-15-7-8-17-16(11-15)14(12-23-17)10-19-20(25)24(22(29)30-19)18(21(26)27)9-13-5-3-2-4-6-13/h2-8,10-12,18,25H,9H2,1H3,(H,26,27)/t18-/m1/s1. The summed E-state index contributed by atoms with van der Waals surface area (Å²) in [7, 11) is 1.59. The van der Waals surface area contributed by atoms with Gasteiger partial charge >= 0.3 is 5.97 Å². The summed E-state index contributed by atoms with van der Waals surface area (Å²) in [5.41, 5.74) is 3.31. The van der Waals surface area contributed by atoms with Crippen LogP contribution in [0.25, 0.3) is 11.6 Å². The van der Waals surface area contributed by atoms with Crippen molar-refractivity contribution in [2.45, 2.75) is 12.5 Å². The van der Waals surface area contributed by atoms with E-state index in [0.717, 1.165) is 33.7 Å². The molecule has 8 heteroatoms. The number of nitrogens with zero attached hydrogens (tertiary/aromatic N) is 2. The van der Waals surface area contributed by atoms with Gasteiger partial charge in [-0.1, -0.05) is 30.3 Å². The maximum absolute atomic E-state index is 12.0. The summed E-state index contributed by atoms with van der Waals surface area (Å²) < 4.78 is 6.88. The van der Waals surface area contributed by atoms with Crippen LogP contribution in [0.2, 0.25) is 0 Å². The number of carboxylic acid groups (broad SMARTS) is 1. The lowest BCUT2D eigenvalue weighted by Gasteiger charge is -2.15. The normalized spacial score (nSPS) is 14.6. The summed E-state index contributed by atoms with van der Waals surface area (Å²) in [4.78, 5) is 16.8. The van der Waals surface area contributed by atoms with Crippen molar-refractivity contribution in [2.75, 3.05) is 7.11 Å². The van der Waals surface area contributed by atoms with Crippen LogP contribution >= 0.6 is 23.6 Å². The number of rotatable bonds is 6. The highest BCUT2D eigenvalue weighted by Crippen LogP contribution is 2.38. The molecule has 4 rings (SSSR count). The van der Waals surface area contributed by atoms with Crippen molar-refractivity contribution in [3.8, 4) is 11.6 Å². The minimum absolute atomic E-state index is 0.162. The van der Waals surface area contributed by atoms with E-state index in [1.165, 1.54) is 4.57 Å². The third-order valence-corrected chi connectivity index (χ3v) is 6.19. The molecule has 0 amide bonds. The van der Waals surface area contributed by atoms with Crippen molar-refractivity contribution in [3.05, 3.63) is 68.5 Å². The molecule has 2 heterocycles. The Bertz CT molecular complexity index is 1230. The third kappa shape index (κ3) is 3.79. The molecule has 0 saturated carbocycles. The number of aromatic nitrogens is 1. The van der Waals surface area contributed by atoms with Crippen molar-refractivity contribution >= 4 is 53.1 Å². The molecular weight excluding hydrogens is 420 g/mol. The largest absolute Gasteiger partial charge is 0.497 e. The highest BCUT2D eigenvalue weighted by atomic mass is 32.1. The number of carboxylic acids is 1. The van der Waals surface area contributed by atoms with Crippen LogP contribution in [-0.4, -0.2) is 34.1 Å². The number of hydrogen-bond donors (Lipinski definition) is 2. The van der Waals surface area contributed by atoms with Crippen LogP contribution in [0.4, 0.5) is 5.69 Å². The van der Waals surface area contributed by atoms with E-state index in [0.29, 0.717) is 14.6 Å². The van der Waals surface area contributed by atoms with Gasteiger partial charge < -0.3 is 14.9 Å². The quantitative estimate of drug-likeness (QED) is 0.522. The van der Waals surface area contributed by atoms with Crippen molar-refractivity contribution in [2.24, 2.45) is 4.99 Å². The Balaban J connectivity index is 1.73. The molecule has 1 aliphatic heterocycles. The second-order valence-corrected chi connectivity index (χ2v) is 8.39. The number of hydrogen-bond acceptors (Lipinski definition) is 6. The summed E-state index contributed by atoms with van der Waals surface area (Å²) >= 11 is 6.57. The first-order chi connectivity index (χ1) is 14.5. The fourth-order valence-corrected chi connectivity index (χ4v) is 4.70. The molecule has 2 N–H and O–H groups in total. The highest BCUT2D eigenvalue weighted by Gasteiger charge is 2.26. The van der Waals surface area contributed by atoms with Crippen LogP contribution in [-0.2, 0) is 11.2 Å². The summed E-state index contributed by atoms with van der Waals surface area (Å²) in [5.74, 6) is -0.515. The number of fused-ring (bicyclic) bond motifs is 1. The SMILES string of the molecule is COc1ccc2c(c1)C(=Cc1sc(=S)n([C@H](Cc3ccccc3)C(=O)O)c1O)C=N2. The number of ether oxygens (including phenoxy) is 1. The van der Waals surface area contributed by atoms with E-state index in [1.54, 1.807) is 19.4 Å². The second-order valence-electron chi connectivity index (χ2n) is 6.71. The first-order valence-corrected chi connectivity index (χ1v) is 10.4. The molecule has 0 radical (unpaired) electrons. The summed E-state index contributed by atoms with van der Waals surface area (Å²) in [6, 6.07) is 13.8. The van der Waals surface area contributed by atoms with Gasteiger partial charge in [0.15, 0.2) is 3.95 Å². The molecule has 2 aromatic carbocycles. The molecule has 3 aromatic rings. The Morgan fingerprint density at radius 2 is 2.07 bits per heavy atom. The van der Waals surface area contributed by atoms with Crippen molar-refractivity contribution in [1.82, 2.24) is 4.57 Å². The van der Waals surface area contributed by atoms with Crippen LogP contribution in [0.15, 0.2) is 53.5 Å². The van der Waals surface area contributed by atoms with Gasteiger partial charge in [0, 0.05) is 23.8 Å². The maximum atomic E-state index is 12.0. The van der Waals surface area contributed by atoms with E-state index in [-0.39, 0.29) is 12.3 Å². The minimum atomic E-state index is -1.06. The Morgan fingerprint density at radius 1 is 1.30 bits per heavy atom. The first kappa shape index (κ1) is 20.1. The molecule has 1 aliphatic rings. The molecule has 0 aliphatic carbocycles. The van der Waals surface area contributed by atoms with Gasteiger partial charge in [0.2, 0.25) is 5.88 Å². The van der Waals surface area contributed by atoms with E-state index < -0.39 is 12.0 Å². The molecule has 0 unspecified atom stereocenters. The zero-order valence-corrected chi connectivity index (χ0v) is 17.6. The average Bonchev–Trinajstić information content (AvgIpc) is 3.27. The van der Waals surface area contributed by atoms with E-state index in [4.69, 9.17) is 17.0 Å². The smallest absolute Gasteiger partial charge is 0.327 e. The lowest BCUT2D eigenvalue weighted by atomic mass is 10.1. The number of carbonyl (C=O) groups is 1. The third-order valence-electron chi connectivity index (χ3n) is 4.86. The number of thiazole rings is 1. The summed E-state index contributed by atoms with van der Waals surface area (Å²) in [6.45, 7) is 0. The molecule has 0 bridgehead atoms. The fraction of sp³-hybridized carbons (Fsp3) is 0.136. The Hall–Kier alpha value is -3.23. The molecule has 30 heavy (non-hydrogen) atoms. The molecule has 0 saturated heterocycles. The lowest BCUT2D eigenvalue weighted by molar-refractivity contribution is -0.141. The van der Waals surface area contributed by atoms with E-state index >= 15 is 0 Å². The van der Waals surface area contributed by atoms with Gasteiger partial charge in [-0.3, -0.25) is 9.56 Å². The predicted octanol–water partition coefficient (Wildman–Crippen LogP) is 5.12. The minimum Gasteiger partial charge on any atom is -0.497 e. The number of aliphatic imine (C=N–C) groups is 1. The molecule has 6 nitrogen and oxygen atoms in total. The first-order valence-electron chi connectivity index (χ1n) is 9.13. The lowest BCUT2D eigenvalue weighted by Crippen LogP contribution is -2.21. The number of allylic oxidation sites excluding steroid dienone is 1. The van der Waals surface area contributed by atoms with Gasteiger partial charge in [-0.2, -0.15) is 0 Å². The number of aliphatic carboxylic acids is 1. The molecular formula is C22H18N2O4S2. The van der Waals surface area contributed by atoms with Crippen LogP contribution in [0.5, 0.6) is 11.6 Å². The molecule has 1 aromatic heterocycles. The van der Waals surface area contributed by atoms with Gasteiger partial charge in [-0.25, -0.2) is 4.79 Å². The average molecular weight is 439 g/mol. The van der Waals surface area contributed by atoms with Gasteiger partial charge in [0.05, 0.1) is 17.7 Å². The number of aromatic hydroxyl groups is 1. The Labute approximate surface area is 182 Å². The second kappa shape index (κ2) is 8.25. The van der Waals surface area contributed by atoms with E-state index in [2.05, 4.69) is 4.99 Å². The fourth-order valence-electron chi connectivity index (χ4n) is 3.34. The van der Waals surface area contributed by atoms with Crippen LogP contribution in [0, 0.1) is 3.95 Å². The predicted molar refractivity (Wildman–Crippen MR) is 121 cm³/mol. The maximum Gasteiger partial charge on any atom is 0.327 e. The van der Waals surface area contributed by atoms with E-state index in [9.17, 15) is 15.0 Å². The van der Waals surface area contributed by atoms with Crippen molar-refractivity contribution in [3.63, 3.8) is 0 Å². The zero-order valence-electron chi connectivity index (χ0n) is 16.0. The monoisotopic (exact) mass is 438 g/mol. The zero-order chi connectivity index (χ0) is 21.3. The summed E-state index contributed by atoms with van der Waals surface area (Å²) in [6.07, 6.45) is 3.68. The number of benzene rings is 2. The van der Waals surface area contributed by atoms with Gasteiger partial charge in [-0.15, -0.1) is 11.3 Å². The van der Waals surface area contributed by atoms with Gasteiger partial charge in [0.1, 0.15) is 11.8 Å². The summed E-state index contributed by atoms with van der Waals surface area (Å²) in [5, 5.41) is 20.6. The van der Waals surface area contributed by atoms with Gasteiger partial charge in [-0.05, 0) is 42.1 Å². The Morgan fingerprint density at radius 3 is 2.77 bits per heavy atom. The highest BCUT2D eigenvalue weighted by molar-refractivity contribution is 7.73. The van der Waals surface area contributed by atoms with Crippen molar-refractivity contribution < 1.29 is 19.7 Å². The van der Waals surface area contributed by atoms with Gasteiger partial charge in [0.25, 0.3) is 0 Å². The van der Waals surface area contributed by atoms with Crippen LogP contribution in [0.1, 0.15) is 22.0 Å². The Kier molecular flexibility index (Phi) is 5.52. The molecule has 1 atom stereocenters. The van der Waals surface area contributed by atoms with E-state index in [1.807, 2.05) is 48.5 Å². The van der Waals surface area contributed by atoms with Crippen LogP contribution < -0.4 is 4.74 Å². The molecule has 0 spiro atoms. The molecule has 0 fully saturated rings. The van der Waals surface area contributed by atoms with Crippen molar-refractivity contribution in [1.29, 1.82) is 0 Å². The van der Waals surface area contributed by atoms with Crippen LogP contribution in [0.3, 0.4) is 0 Å². The number of methoxy groups -OCH3 is 1. The molecule has 152 valence electrons. The topological polar surface area (TPSA) is 84.0 Å².